The summed E-state index contributed by atoms with van der Waals surface area (Å²) in [5.74, 6) is 1.26. The van der Waals surface area contributed by atoms with Gasteiger partial charge >= 0.3 is 0 Å². The van der Waals surface area contributed by atoms with Crippen LogP contribution in [-0.2, 0) is 0 Å². The molecule has 1 saturated heterocycles. The number of hydrogen-bond donors (Lipinski definition) is 1. The Morgan fingerprint density at radius 3 is 2.73 bits per heavy atom. The number of H-pyrrole nitrogens is 1. The molecule has 2 aromatic carbocycles. The van der Waals surface area contributed by atoms with Gasteiger partial charge in [0.05, 0.1) is 12.7 Å². The van der Waals surface area contributed by atoms with Crippen LogP contribution in [-0.4, -0.2) is 41.0 Å². The van der Waals surface area contributed by atoms with Crippen molar-refractivity contribution in [2.24, 2.45) is 0 Å². The van der Waals surface area contributed by atoms with Gasteiger partial charge in [0, 0.05) is 35.6 Å². The molecule has 1 amide bonds. The van der Waals surface area contributed by atoms with Crippen LogP contribution >= 0.6 is 11.3 Å². The van der Waals surface area contributed by atoms with Crippen LogP contribution in [0.5, 0.6) is 5.75 Å². The van der Waals surface area contributed by atoms with Gasteiger partial charge in [0.15, 0.2) is 0 Å². The van der Waals surface area contributed by atoms with Crippen LogP contribution in [0.1, 0.15) is 34.8 Å². The zero-order valence-electron chi connectivity index (χ0n) is 16.8. The standard InChI is InChI=1S/C24H23N3O2S/c1-29-22-9-5-3-7-18(22)23-26-21(15-30-23)24(28)27-12-10-16(11-13-27)19-14-25-20-8-4-2-6-17(19)20/h2-9,14-16,25H,10-13H2,1H3. The first-order chi connectivity index (χ1) is 14.7. The molecule has 0 atom stereocenters. The molecular formula is C24H23N3O2S. The molecule has 1 aliphatic heterocycles. The second-order valence-electron chi connectivity index (χ2n) is 7.59. The molecule has 5 rings (SSSR count). The minimum atomic E-state index is 0.0183. The van der Waals surface area contributed by atoms with Crippen LogP contribution in [0.4, 0.5) is 0 Å². The van der Waals surface area contributed by atoms with Crippen LogP contribution in [0, 0.1) is 0 Å². The number of nitrogens with one attached hydrogen (secondary N) is 1. The lowest BCUT2D eigenvalue weighted by Crippen LogP contribution is -2.38. The number of fused-ring (bicyclic) bond motifs is 1. The molecule has 2 aromatic heterocycles. The number of carbonyl (C=O) groups excluding carboxylic acids is 1. The molecule has 4 aromatic rings. The number of thiazole rings is 1. The Morgan fingerprint density at radius 1 is 1.13 bits per heavy atom. The fourth-order valence-corrected chi connectivity index (χ4v) is 5.13. The van der Waals surface area contributed by atoms with Crippen molar-refractivity contribution < 1.29 is 9.53 Å². The molecule has 0 saturated carbocycles. The lowest BCUT2D eigenvalue weighted by molar-refractivity contribution is 0.0708. The molecule has 5 nitrogen and oxygen atoms in total. The Hall–Kier alpha value is -3.12. The minimum Gasteiger partial charge on any atom is -0.496 e. The van der Waals surface area contributed by atoms with E-state index in [2.05, 4.69) is 40.4 Å². The Balaban J connectivity index is 1.29. The molecular weight excluding hydrogens is 394 g/mol. The highest BCUT2D eigenvalue weighted by Crippen LogP contribution is 2.35. The van der Waals surface area contributed by atoms with Crippen molar-refractivity contribution in [2.75, 3.05) is 20.2 Å². The van der Waals surface area contributed by atoms with Gasteiger partial charge in [-0.15, -0.1) is 11.3 Å². The van der Waals surface area contributed by atoms with E-state index in [1.165, 1.54) is 27.8 Å². The fourth-order valence-electron chi connectivity index (χ4n) is 4.30. The van der Waals surface area contributed by atoms with Crippen LogP contribution in [0.3, 0.4) is 0 Å². The molecule has 0 radical (unpaired) electrons. The number of aromatic nitrogens is 2. The Labute approximate surface area is 179 Å². The maximum atomic E-state index is 13.0. The Morgan fingerprint density at radius 2 is 1.90 bits per heavy atom. The number of piperidine rings is 1. The third-order valence-corrected chi connectivity index (χ3v) is 6.78. The zero-order valence-corrected chi connectivity index (χ0v) is 17.6. The van der Waals surface area contributed by atoms with E-state index in [0.29, 0.717) is 11.6 Å². The first-order valence-corrected chi connectivity index (χ1v) is 11.1. The van der Waals surface area contributed by atoms with Crippen molar-refractivity contribution >= 4 is 28.1 Å². The van der Waals surface area contributed by atoms with E-state index >= 15 is 0 Å². The molecule has 152 valence electrons. The summed E-state index contributed by atoms with van der Waals surface area (Å²) in [4.78, 5) is 23.0. The lowest BCUT2D eigenvalue weighted by Gasteiger charge is -2.31. The zero-order chi connectivity index (χ0) is 20.5. The number of aromatic amines is 1. The number of likely N-dealkylation sites (tertiary alicyclic amines) is 1. The topological polar surface area (TPSA) is 58.2 Å². The molecule has 3 heterocycles. The van der Waals surface area contributed by atoms with Crippen LogP contribution in [0.25, 0.3) is 21.5 Å². The van der Waals surface area contributed by atoms with Gasteiger partial charge in [-0.25, -0.2) is 4.98 Å². The number of amides is 1. The minimum absolute atomic E-state index is 0.0183. The summed E-state index contributed by atoms with van der Waals surface area (Å²) < 4.78 is 5.43. The van der Waals surface area contributed by atoms with Gasteiger partial charge in [0.2, 0.25) is 0 Å². The van der Waals surface area contributed by atoms with Gasteiger partial charge in [-0.2, -0.15) is 0 Å². The maximum Gasteiger partial charge on any atom is 0.273 e. The van der Waals surface area contributed by atoms with Crippen molar-refractivity contribution in [3.63, 3.8) is 0 Å². The van der Waals surface area contributed by atoms with Gasteiger partial charge in [-0.3, -0.25) is 4.79 Å². The van der Waals surface area contributed by atoms with Gasteiger partial charge in [0.1, 0.15) is 16.5 Å². The van der Waals surface area contributed by atoms with E-state index < -0.39 is 0 Å². The summed E-state index contributed by atoms with van der Waals surface area (Å²) in [6.07, 6.45) is 4.07. The van der Waals surface area contributed by atoms with Crippen molar-refractivity contribution in [1.29, 1.82) is 0 Å². The lowest BCUT2D eigenvalue weighted by atomic mass is 9.89. The first kappa shape index (κ1) is 18.9. The normalized spacial score (nSPS) is 14.9. The van der Waals surface area contributed by atoms with Gasteiger partial charge in [-0.05, 0) is 42.5 Å². The smallest absolute Gasteiger partial charge is 0.273 e. The third-order valence-electron chi connectivity index (χ3n) is 5.90. The predicted octanol–water partition coefficient (Wildman–Crippen LogP) is 5.32. The quantitative estimate of drug-likeness (QED) is 0.489. The fraction of sp³-hybridized carbons (Fsp3) is 0.250. The SMILES string of the molecule is COc1ccccc1-c1nc(C(=O)N2CCC(c3c[nH]c4ccccc34)CC2)cs1. The monoisotopic (exact) mass is 417 g/mol. The van der Waals surface area contributed by atoms with E-state index in [4.69, 9.17) is 4.74 Å². The number of ether oxygens (including phenoxy) is 1. The highest BCUT2D eigenvalue weighted by Gasteiger charge is 2.27. The summed E-state index contributed by atoms with van der Waals surface area (Å²) >= 11 is 1.48. The van der Waals surface area contributed by atoms with E-state index in [1.807, 2.05) is 34.5 Å². The number of benzene rings is 2. The van der Waals surface area contributed by atoms with Crippen molar-refractivity contribution in [3.8, 4) is 16.3 Å². The molecule has 0 aliphatic carbocycles. The Kier molecular flexibility index (Phi) is 5.01. The molecule has 30 heavy (non-hydrogen) atoms. The van der Waals surface area contributed by atoms with Crippen LogP contribution < -0.4 is 4.74 Å². The highest BCUT2D eigenvalue weighted by atomic mass is 32.1. The summed E-state index contributed by atoms with van der Waals surface area (Å²) in [7, 11) is 1.65. The van der Waals surface area contributed by atoms with Crippen molar-refractivity contribution in [3.05, 3.63) is 71.4 Å². The largest absolute Gasteiger partial charge is 0.496 e. The summed E-state index contributed by atoms with van der Waals surface area (Å²) in [6, 6.07) is 16.2. The number of hydrogen-bond acceptors (Lipinski definition) is 4. The summed E-state index contributed by atoms with van der Waals surface area (Å²) in [5, 5.41) is 3.96. The first-order valence-electron chi connectivity index (χ1n) is 10.2. The van der Waals surface area contributed by atoms with Crippen molar-refractivity contribution in [2.45, 2.75) is 18.8 Å². The second kappa shape index (κ2) is 7.95. The molecule has 1 aliphatic rings. The number of carbonyl (C=O) groups is 1. The van der Waals surface area contributed by atoms with E-state index in [1.54, 1.807) is 7.11 Å². The average molecular weight is 418 g/mol. The molecule has 6 heteroatoms. The van der Waals surface area contributed by atoms with E-state index in [9.17, 15) is 4.79 Å². The number of methoxy groups -OCH3 is 1. The van der Waals surface area contributed by atoms with Crippen LogP contribution in [0.15, 0.2) is 60.1 Å². The molecule has 1 fully saturated rings. The van der Waals surface area contributed by atoms with Gasteiger partial charge < -0.3 is 14.6 Å². The highest BCUT2D eigenvalue weighted by molar-refractivity contribution is 7.13. The maximum absolute atomic E-state index is 13.0. The Bertz CT molecular complexity index is 1190. The van der Waals surface area contributed by atoms with Crippen LogP contribution in [0.2, 0.25) is 0 Å². The molecule has 1 N–H and O–H groups in total. The average Bonchev–Trinajstić information content (AvgIpc) is 3.46. The van der Waals surface area contributed by atoms with Crippen molar-refractivity contribution in [1.82, 2.24) is 14.9 Å². The number of para-hydroxylation sites is 2. The van der Waals surface area contributed by atoms with E-state index in [0.717, 1.165) is 42.3 Å². The summed E-state index contributed by atoms with van der Waals surface area (Å²) in [5.41, 5.74) is 3.98. The summed E-state index contributed by atoms with van der Waals surface area (Å²) in [6.45, 7) is 1.51. The number of rotatable bonds is 4. The van der Waals surface area contributed by atoms with Gasteiger partial charge in [0.25, 0.3) is 5.91 Å². The number of nitrogens with zero attached hydrogens (tertiary/aromatic N) is 2. The second-order valence-corrected chi connectivity index (χ2v) is 8.45. The molecule has 0 spiro atoms. The van der Waals surface area contributed by atoms with Gasteiger partial charge in [-0.1, -0.05) is 30.3 Å². The molecule has 0 bridgehead atoms. The third kappa shape index (κ3) is 3.37. The molecule has 0 unspecified atom stereocenters. The van der Waals surface area contributed by atoms with E-state index in [-0.39, 0.29) is 5.91 Å². The predicted molar refractivity (Wildman–Crippen MR) is 120 cm³/mol.